The second kappa shape index (κ2) is 6.53. The Hall–Kier alpha value is -0.860. The zero-order valence-electron chi connectivity index (χ0n) is 9.74. The molecule has 0 fully saturated rings. The van der Waals surface area contributed by atoms with Crippen LogP contribution in [0, 0.1) is 5.82 Å². The average molecular weight is 375 g/mol. The number of hydrogen-bond donors (Lipinski definition) is 1. The Morgan fingerprint density at radius 2 is 2.16 bits per heavy atom. The third-order valence-corrected chi connectivity index (χ3v) is 3.94. The highest BCUT2D eigenvalue weighted by Crippen LogP contribution is 2.31. The molecule has 19 heavy (non-hydrogen) atoms. The standard InChI is InChI=1S/C10H10BrClFNO4S/c1-2-14-10(15)5-18-8-4-7(13)9(3-6(8)11)19(12,16)17/h3-4H,2,5H2,1H3,(H,14,15). The predicted molar refractivity (Wildman–Crippen MR) is 71.3 cm³/mol. The van der Waals surface area contributed by atoms with Gasteiger partial charge in [-0.15, -0.1) is 0 Å². The highest BCUT2D eigenvalue weighted by atomic mass is 79.9. The van der Waals surface area contributed by atoms with Crippen LogP contribution in [0.15, 0.2) is 21.5 Å². The lowest BCUT2D eigenvalue weighted by Crippen LogP contribution is -2.28. The van der Waals surface area contributed by atoms with E-state index in [2.05, 4.69) is 21.2 Å². The Morgan fingerprint density at radius 1 is 1.53 bits per heavy atom. The Kier molecular flexibility index (Phi) is 5.57. The van der Waals surface area contributed by atoms with Crippen LogP contribution >= 0.6 is 26.6 Å². The van der Waals surface area contributed by atoms with Gasteiger partial charge >= 0.3 is 0 Å². The van der Waals surface area contributed by atoms with Gasteiger partial charge in [-0.05, 0) is 28.9 Å². The molecule has 0 atom stereocenters. The molecule has 106 valence electrons. The van der Waals surface area contributed by atoms with Crippen molar-refractivity contribution in [1.29, 1.82) is 0 Å². The lowest BCUT2D eigenvalue weighted by Gasteiger charge is -2.09. The second-order valence-corrected chi connectivity index (χ2v) is 6.78. The van der Waals surface area contributed by atoms with Crippen LogP contribution in [-0.4, -0.2) is 27.5 Å². The van der Waals surface area contributed by atoms with Crippen molar-refractivity contribution in [2.45, 2.75) is 11.8 Å². The smallest absolute Gasteiger partial charge is 0.264 e. The molecule has 0 unspecified atom stereocenters. The van der Waals surface area contributed by atoms with Crippen LogP contribution in [0.2, 0.25) is 0 Å². The molecule has 5 nitrogen and oxygen atoms in total. The van der Waals surface area contributed by atoms with Gasteiger partial charge in [-0.3, -0.25) is 4.79 Å². The topological polar surface area (TPSA) is 72.5 Å². The average Bonchev–Trinajstić information content (AvgIpc) is 2.28. The van der Waals surface area contributed by atoms with Crippen LogP contribution in [0.4, 0.5) is 4.39 Å². The van der Waals surface area contributed by atoms with Crippen LogP contribution < -0.4 is 10.1 Å². The monoisotopic (exact) mass is 373 g/mol. The molecule has 0 saturated heterocycles. The van der Waals surface area contributed by atoms with E-state index < -0.39 is 19.8 Å². The number of amides is 1. The molecule has 0 spiro atoms. The van der Waals surface area contributed by atoms with Gasteiger partial charge in [-0.25, -0.2) is 12.8 Å². The summed E-state index contributed by atoms with van der Waals surface area (Å²) < 4.78 is 40.9. The van der Waals surface area contributed by atoms with Gasteiger partial charge in [0.1, 0.15) is 16.5 Å². The van der Waals surface area contributed by atoms with Gasteiger partial charge in [-0.2, -0.15) is 0 Å². The summed E-state index contributed by atoms with van der Waals surface area (Å²) in [6, 6.07) is 1.82. The van der Waals surface area contributed by atoms with E-state index in [1.54, 1.807) is 6.92 Å². The van der Waals surface area contributed by atoms with E-state index in [9.17, 15) is 17.6 Å². The van der Waals surface area contributed by atoms with Crippen LogP contribution in [0.25, 0.3) is 0 Å². The van der Waals surface area contributed by atoms with Crippen LogP contribution in [0.5, 0.6) is 5.75 Å². The van der Waals surface area contributed by atoms with Gasteiger partial charge in [0.05, 0.1) is 4.47 Å². The molecule has 1 aromatic rings. The zero-order valence-corrected chi connectivity index (χ0v) is 12.9. The highest BCUT2D eigenvalue weighted by Gasteiger charge is 2.19. The predicted octanol–water partition coefficient (Wildman–Crippen LogP) is 2.03. The molecular weight excluding hydrogens is 365 g/mol. The number of likely N-dealkylation sites (N-methyl/N-ethyl adjacent to an activating group) is 1. The fraction of sp³-hybridized carbons (Fsp3) is 0.300. The number of hydrogen-bond acceptors (Lipinski definition) is 4. The molecule has 0 aliphatic heterocycles. The molecule has 0 aliphatic rings. The van der Waals surface area contributed by atoms with Gasteiger partial charge in [-0.1, -0.05) is 0 Å². The minimum absolute atomic E-state index is 0.00724. The van der Waals surface area contributed by atoms with E-state index in [0.29, 0.717) is 6.54 Å². The molecule has 1 amide bonds. The summed E-state index contributed by atoms with van der Waals surface area (Å²) >= 11 is 3.02. The van der Waals surface area contributed by atoms with Crippen molar-refractivity contribution in [3.05, 3.63) is 22.4 Å². The number of benzene rings is 1. The Bertz CT molecular complexity index is 593. The summed E-state index contributed by atoms with van der Waals surface area (Å²) in [6.45, 7) is 1.88. The number of carbonyl (C=O) groups is 1. The molecule has 9 heteroatoms. The number of nitrogens with one attached hydrogen (secondary N) is 1. The van der Waals surface area contributed by atoms with Crippen molar-refractivity contribution in [3.63, 3.8) is 0 Å². The summed E-state index contributed by atoms with van der Waals surface area (Å²) in [6.07, 6.45) is 0. The number of carbonyl (C=O) groups excluding carboxylic acids is 1. The van der Waals surface area contributed by atoms with Crippen molar-refractivity contribution in [3.8, 4) is 5.75 Å². The van der Waals surface area contributed by atoms with E-state index in [0.717, 1.165) is 12.1 Å². The van der Waals surface area contributed by atoms with Gasteiger partial charge in [0.2, 0.25) is 0 Å². The zero-order chi connectivity index (χ0) is 14.6. The molecule has 0 saturated carbocycles. The lowest BCUT2D eigenvalue weighted by molar-refractivity contribution is -0.123. The largest absolute Gasteiger partial charge is 0.482 e. The van der Waals surface area contributed by atoms with Crippen LogP contribution in [0.3, 0.4) is 0 Å². The Balaban J connectivity index is 2.94. The summed E-state index contributed by atoms with van der Waals surface area (Å²) in [5, 5.41) is 2.50. The molecule has 0 radical (unpaired) electrons. The van der Waals surface area contributed by atoms with Crippen molar-refractivity contribution in [1.82, 2.24) is 5.32 Å². The van der Waals surface area contributed by atoms with Crippen molar-refractivity contribution in [2.24, 2.45) is 0 Å². The summed E-state index contributed by atoms with van der Waals surface area (Å²) in [4.78, 5) is 10.5. The first-order chi connectivity index (χ1) is 8.75. The van der Waals surface area contributed by atoms with Crippen LogP contribution in [-0.2, 0) is 13.8 Å². The van der Waals surface area contributed by atoms with Gasteiger partial charge in [0.15, 0.2) is 6.61 Å². The number of rotatable bonds is 5. The normalized spacial score (nSPS) is 11.2. The molecule has 0 aliphatic carbocycles. The number of ether oxygens (including phenoxy) is 1. The third-order valence-electron chi connectivity index (χ3n) is 1.98. The Labute approximate surface area is 122 Å². The first-order valence-corrected chi connectivity index (χ1v) is 8.19. The maximum Gasteiger partial charge on any atom is 0.264 e. The lowest BCUT2D eigenvalue weighted by atomic mass is 10.3. The number of halogens is 3. The van der Waals surface area contributed by atoms with E-state index >= 15 is 0 Å². The van der Waals surface area contributed by atoms with E-state index in [4.69, 9.17) is 15.4 Å². The van der Waals surface area contributed by atoms with Crippen molar-refractivity contribution >= 4 is 41.6 Å². The minimum atomic E-state index is -4.18. The van der Waals surface area contributed by atoms with Crippen LogP contribution in [0.1, 0.15) is 6.92 Å². The molecule has 1 N–H and O–H groups in total. The maximum absolute atomic E-state index is 13.5. The minimum Gasteiger partial charge on any atom is -0.482 e. The quantitative estimate of drug-likeness (QED) is 0.801. The van der Waals surface area contributed by atoms with E-state index in [1.165, 1.54) is 0 Å². The SMILES string of the molecule is CCNC(=O)COc1cc(F)c(S(=O)(=O)Cl)cc1Br. The Morgan fingerprint density at radius 3 is 2.68 bits per heavy atom. The van der Waals surface area contributed by atoms with Gasteiger partial charge < -0.3 is 10.1 Å². The van der Waals surface area contributed by atoms with E-state index in [-0.39, 0.29) is 22.7 Å². The first kappa shape index (κ1) is 16.2. The van der Waals surface area contributed by atoms with Gasteiger partial charge in [0.25, 0.3) is 15.0 Å². The molecule has 0 bridgehead atoms. The first-order valence-electron chi connectivity index (χ1n) is 5.09. The van der Waals surface area contributed by atoms with Gasteiger partial charge in [0, 0.05) is 23.3 Å². The summed E-state index contributed by atoms with van der Waals surface area (Å²) in [5.74, 6) is -1.42. The molecule has 1 rings (SSSR count). The van der Waals surface area contributed by atoms with Crippen molar-refractivity contribution in [2.75, 3.05) is 13.2 Å². The third kappa shape index (κ3) is 4.63. The molecule has 0 aromatic heterocycles. The fourth-order valence-electron chi connectivity index (χ4n) is 1.20. The molecular formula is C10H10BrClFNO4S. The van der Waals surface area contributed by atoms with E-state index in [1.807, 2.05) is 0 Å². The fourth-order valence-corrected chi connectivity index (χ4v) is 2.71. The summed E-state index contributed by atoms with van der Waals surface area (Å²) in [5.41, 5.74) is 0. The maximum atomic E-state index is 13.5. The molecule has 0 heterocycles. The highest BCUT2D eigenvalue weighted by molar-refractivity contribution is 9.10. The molecule has 1 aromatic carbocycles. The second-order valence-electron chi connectivity index (χ2n) is 3.39. The summed E-state index contributed by atoms with van der Waals surface area (Å²) in [7, 11) is 0.883. The van der Waals surface area contributed by atoms with Crippen molar-refractivity contribution < 1.29 is 22.3 Å².